The van der Waals surface area contributed by atoms with Gasteiger partial charge in [0.15, 0.2) is 0 Å². The molecule has 158 valence electrons. The van der Waals surface area contributed by atoms with Crippen molar-refractivity contribution < 1.29 is 29.7 Å². The van der Waals surface area contributed by atoms with E-state index >= 15 is 0 Å². The zero-order valence-electron chi connectivity index (χ0n) is 15.0. The third kappa shape index (κ3) is 46.9. The van der Waals surface area contributed by atoms with Gasteiger partial charge in [-0.25, -0.2) is 0 Å². The summed E-state index contributed by atoms with van der Waals surface area (Å²) in [5.41, 5.74) is 0. The molecule has 0 fully saturated rings. The van der Waals surface area contributed by atoms with Gasteiger partial charge in [-0.2, -0.15) is 75.8 Å². The second kappa shape index (κ2) is 25.3. The van der Waals surface area contributed by atoms with E-state index in [4.69, 9.17) is 0 Å². The molecule has 0 saturated carbocycles. The van der Waals surface area contributed by atoms with Gasteiger partial charge in [0.25, 0.3) is 0 Å². The molecule has 0 heterocycles. The van der Waals surface area contributed by atoms with Gasteiger partial charge < -0.3 is 29.7 Å². The Morgan fingerprint density at radius 3 is 1.11 bits per heavy atom. The van der Waals surface area contributed by atoms with Crippen LogP contribution in [-0.2, 0) is 14.4 Å². The largest absolute Gasteiger partial charge is 0.548 e. The Morgan fingerprint density at radius 1 is 0.704 bits per heavy atom. The summed E-state index contributed by atoms with van der Waals surface area (Å²) in [6.07, 6.45) is 5.80. The number of carboxylic acids is 3. The van der Waals surface area contributed by atoms with Crippen LogP contribution < -0.4 is 15.3 Å². The SMILES string of the molecule is CC(C)CCCC[CH2][Sn+3].O=C([O-])C(S)S.O=C([O-])C(S)S.O=C([O-])C(S)S. The van der Waals surface area contributed by atoms with E-state index in [1.54, 1.807) is 22.5 Å². The first kappa shape index (κ1) is 35.7. The summed E-state index contributed by atoms with van der Waals surface area (Å²) in [4.78, 5) is 28.3. The number of hydrogen-bond acceptors (Lipinski definition) is 12. The zero-order valence-corrected chi connectivity index (χ0v) is 23.2. The molecular weight excluding hydrogens is 575 g/mol. The Kier molecular flexibility index (Phi) is 33.5. The normalized spacial score (nSPS) is 9.70. The molecule has 0 spiro atoms. The Balaban J connectivity index is -0.000000133. The molecule has 0 amide bonds. The van der Waals surface area contributed by atoms with Crippen LogP contribution in [-0.4, -0.2) is 54.2 Å². The minimum Gasteiger partial charge on any atom is -0.548 e. The van der Waals surface area contributed by atoms with E-state index in [0.29, 0.717) is 0 Å². The first-order chi connectivity index (χ1) is 12.2. The smallest absolute Gasteiger partial charge is 0.0836 e. The molecule has 0 aromatic rings. The first-order valence-corrected chi connectivity index (χ1v) is 12.7. The van der Waals surface area contributed by atoms with Crippen LogP contribution in [0.3, 0.4) is 0 Å². The van der Waals surface area contributed by atoms with Crippen LogP contribution in [0.1, 0.15) is 39.5 Å². The fraction of sp³-hybridized carbons (Fsp3) is 0.786. The van der Waals surface area contributed by atoms with Gasteiger partial charge in [-0.3, -0.25) is 0 Å². The molecule has 0 aromatic heterocycles. The number of unbranched alkanes of at least 4 members (excludes halogenated alkanes) is 2. The van der Waals surface area contributed by atoms with E-state index < -0.39 is 31.7 Å². The molecule has 0 bridgehead atoms. The molecule has 0 aliphatic rings. The standard InChI is InChI=1S/C8H17.3C2H4O2S2.Sn/c1-4-5-6-7-8(2)3;3*3-1(4)2(5)6;/h8H,1,4-7H2,2-3H3;3*2,5-6H,(H,3,4);/q;;;;+3/p-3. The van der Waals surface area contributed by atoms with Crippen LogP contribution in [0.5, 0.6) is 0 Å². The molecule has 0 atom stereocenters. The summed E-state index contributed by atoms with van der Waals surface area (Å²) < 4.78 is -1.41. The summed E-state index contributed by atoms with van der Waals surface area (Å²) in [6, 6.07) is 0. The third-order valence-electron chi connectivity index (χ3n) is 2.09. The van der Waals surface area contributed by atoms with Gasteiger partial charge in [0.2, 0.25) is 0 Å². The van der Waals surface area contributed by atoms with Gasteiger partial charge in [-0.15, -0.1) is 0 Å². The molecule has 0 unspecified atom stereocenters. The predicted octanol–water partition coefficient (Wildman–Crippen LogP) is -0.444. The van der Waals surface area contributed by atoms with Gasteiger partial charge in [-0.05, 0) is 0 Å². The van der Waals surface area contributed by atoms with Crippen molar-refractivity contribution in [2.24, 2.45) is 5.92 Å². The first-order valence-electron chi connectivity index (χ1n) is 7.56. The van der Waals surface area contributed by atoms with Gasteiger partial charge >= 0.3 is 72.4 Å². The molecule has 0 N–H and O–H groups in total. The Hall–Kier alpha value is 1.31. The monoisotopic (exact) mass is 602 g/mol. The van der Waals surface area contributed by atoms with E-state index in [0.717, 1.165) is 5.92 Å². The molecule has 0 radical (unpaired) electrons. The number of carbonyl (C=O) groups excluding carboxylic acids is 3. The van der Waals surface area contributed by atoms with Crippen LogP contribution in [0.4, 0.5) is 0 Å². The minimum atomic E-state index is -1.26. The predicted molar refractivity (Wildman–Crippen MR) is 124 cm³/mol. The maximum atomic E-state index is 9.44. The number of thiol groups is 6. The fourth-order valence-electron chi connectivity index (χ4n) is 0.854. The molecular formula is C14H26O6S6Sn. The van der Waals surface area contributed by atoms with Crippen LogP contribution >= 0.6 is 75.8 Å². The molecule has 13 heteroatoms. The van der Waals surface area contributed by atoms with E-state index in [1.165, 1.54) is 30.1 Å². The van der Waals surface area contributed by atoms with Crippen LogP contribution in [0.15, 0.2) is 0 Å². The number of carbonyl (C=O) groups is 3. The van der Waals surface area contributed by atoms with Crippen molar-refractivity contribution in [3.05, 3.63) is 0 Å². The van der Waals surface area contributed by atoms with E-state index in [9.17, 15) is 29.7 Å². The fourth-order valence-corrected chi connectivity index (χ4v) is 1.57. The third-order valence-corrected chi connectivity index (χ3v) is 4.36. The molecule has 27 heavy (non-hydrogen) atoms. The van der Waals surface area contributed by atoms with E-state index in [2.05, 4.69) is 89.6 Å². The van der Waals surface area contributed by atoms with Crippen LogP contribution in [0, 0.1) is 5.92 Å². The summed E-state index contributed by atoms with van der Waals surface area (Å²) in [6.45, 7) is 4.61. The molecule has 0 aliphatic carbocycles. The molecule has 0 saturated heterocycles. The Bertz CT molecular complexity index is 340. The summed E-state index contributed by atoms with van der Waals surface area (Å²) >= 11 is 22.1. The van der Waals surface area contributed by atoms with Crippen molar-refractivity contribution in [1.82, 2.24) is 0 Å². The van der Waals surface area contributed by atoms with Gasteiger partial charge in [0.05, 0.1) is 31.7 Å². The average Bonchev–Trinajstić information content (AvgIpc) is 2.52. The molecule has 0 aliphatic heterocycles. The summed E-state index contributed by atoms with van der Waals surface area (Å²) in [5, 5.41) is 28.3. The molecule has 0 rings (SSSR count). The van der Waals surface area contributed by atoms with Crippen molar-refractivity contribution in [2.75, 3.05) is 0 Å². The average molecular weight is 601 g/mol. The number of hydrogen-bond donors (Lipinski definition) is 6. The van der Waals surface area contributed by atoms with Gasteiger partial charge in [0.1, 0.15) is 0 Å². The quantitative estimate of drug-likeness (QED) is 0.0972. The van der Waals surface area contributed by atoms with Gasteiger partial charge in [0, 0.05) is 0 Å². The second-order valence-electron chi connectivity index (χ2n) is 5.07. The number of carboxylic acid groups (broad SMARTS) is 3. The topological polar surface area (TPSA) is 120 Å². The summed E-state index contributed by atoms with van der Waals surface area (Å²) in [7, 11) is 0. The number of aliphatic carboxylic acids is 3. The van der Waals surface area contributed by atoms with Crippen molar-refractivity contribution in [1.29, 1.82) is 0 Å². The van der Waals surface area contributed by atoms with Crippen LogP contribution in [0.2, 0.25) is 4.44 Å². The zero-order chi connectivity index (χ0) is 22.6. The van der Waals surface area contributed by atoms with E-state index in [1.807, 2.05) is 0 Å². The maximum Gasteiger partial charge on any atom is 0.0836 e. The Morgan fingerprint density at radius 2 is 0.963 bits per heavy atom. The van der Waals surface area contributed by atoms with E-state index in [-0.39, 0.29) is 0 Å². The number of rotatable bonds is 8. The van der Waals surface area contributed by atoms with Gasteiger partial charge in [-0.1, -0.05) is 0 Å². The maximum absolute atomic E-state index is 9.44. The Labute approximate surface area is 208 Å². The second-order valence-corrected chi connectivity index (χ2v) is 10.8. The van der Waals surface area contributed by atoms with Crippen molar-refractivity contribution in [3.63, 3.8) is 0 Å². The van der Waals surface area contributed by atoms with Crippen LogP contribution in [0.25, 0.3) is 0 Å². The van der Waals surface area contributed by atoms with Crippen molar-refractivity contribution >= 4 is 116 Å². The summed E-state index contributed by atoms with van der Waals surface area (Å²) in [5.74, 6) is -2.88. The molecule has 0 aromatic carbocycles. The van der Waals surface area contributed by atoms with Crippen molar-refractivity contribution in [2.45, 2.75) is 57.7 Å². The van der Waals surface area contributed by atoms with Crippen molar-refractivity contribution in [3.8, 4) is 0 Å². The molecule has 6 nitrogen and oxygen atoms in total. The minimum absolute atomic E-state index is 0.912.